The topological polar surface area (TPSA) is 33.1 Å². The van der Waals surface area contributed by atoms with E-state index in [9.17, 15) is 0 Å². The van der Waals surface area contributed by atoms with Crippen molar-refractivity contribution in [3.8, 4) is 0 Å². The molecule has 0 bridgehead atoms. The summed E-state index contributed by atoms with van der Waals surface area (Å²) in [5.41, 5.74) is 1.42. The molecule has 1 atom stereocenters. The lowest BCUT2D eigenvalue weighted by Crippen LogP contribution is -2.46. The molecule has 0 saturated carbocycles. The summed E-state index contributed by atoms with van der Waals surface area (Å²) in [6.45, 7) is 11.1. The molecule has 20 heavy (non-hydrogen) atoms. The Morgan fingerprint density at radius 3 is 2.75 bits per heavy atom. The minimum atomic E-state index is 0.499. The molecule has 2 heterocycles. The zero-order valence-electron chi connectivity index (χ0n) is 13.0. The van der Waals surface area contributed by atoms with Gasteiger partial charge < -0.3 is 9.88 Å². The number of allylic oxidation sites excluding steroid dienone is 1. The molecule has 0 aliphatic carbocycles. The molecule has 1 unspecified atom stereocenters. The zero-order chi connectivity index (χ0) is 14.4. The Bertz CT molecular complexity index is 398. The first-order chi connectivity index (χ1) is 9.63. The first kappa shape index (κ1) is 15.3. The van der Waals surface area contributed by atoms with Gasteiger partial charge >= 0.3 is 0 Å². The van der Waals surface area contributed by atoms with Gasteiger partial charge in [-0.05, 0) is 46.7 Å². The van der Waals surface area contributed by atoms with E-state index < -0.39 is 0 Å². The van der Waals surface area contributed by atoms with Crippen molar-refractivity contribution in [1.82, 2.24) is 19.8 Å². The normalized spacial score (nSPS) is 18.9. The summed E-state index contributed by atoms with van der Waals surface area (Å²) in [5.74, 6) is 0. The van der Waals surface area contributed by atoms with E-state index in [1.165, 1.54) is 31.5 Å². The van der Waals surface area contributed by atoms with Crippen LogP contribution < -0.4 is 5.32 Å². The van der Waals surface area contributed by atoms with E-state index in [1.54, 1.807) is 0 Å². The number of nitrogens with one attached hydrogen (secondary N) is 1. The summed E-state index contributed by atoms with van der Waals surface area (Å²) in [6.07, 6.45) is 10.6. The van der Waals surface area contributed by atoms with Crippen LogP contribution in [0.4, 0.5) is 0 Å². The smallest absolute Gasteiger partial charge is 0.0946 e. The highest BCUT2D eigenvalue weighted by Crippen LogP contribution is 2.11. The Labute approximate surface area is 122 Å². The van der Waals surface area contributed by atoms with Gasteiger partial charge in [0.1, 0.15) is 0 Å². The van der Waals surface area contributed by atoms with Crippen LogP contribution in [-0.2, 0) is 6.54 Å². The van der Waals surface area contributed by atoms with Gasteiger partial charge in [0.25, 0.3) is 0 Å². The van der Waals surface area contributed by atoms with Gasteiger partial charge in [0, 0.05) is 37.6 Å². The van der Waals surface area contributed by atoms with Gasteiger partial charge in [-0.25, -0.2) is 4.98 Å². The van der Waals surface area contributed by atoms with Crippen molar-refractivity contribution in [2.75, 3.05) is 19.6 Å². The van der Waals surface area contributed by atoms with Crippen molar-refractivity contribution in [1.29, 1.82) is 0 Å². The largest absolute Gasteiger partial charge is 0.336 e. The number of imidazole rings is 1. The molecule has 2 rings (SSSR count). The van der Waals surface area contributed by atoms with Crippen LogP contribution in [-0.4, -0.2) is 46.2 Å². The Morgan fingerprint density at radius 1 is 1.40 bits per heavy atom. The molecular weight excluding hydrogens is 248 g/mol. The zero-order valence-corrected chi connectivity index (χ0v) is 13.0. The third kappa shape index (κ3) is 5.10. The highest BCUT2D eigenvalue weighted by molar-refractivity contribution is 4.95. The minimum Gasteiger partial charge on any atom is -0.336 e. The predicted octanol–water partition coefficient (Wildman–Crippen LogP) is 2.29. The maximum Gasteiger partial charge on any atom is 0.0946 e. The van der Waals surface area contributed by atoms with Crippen molar-refractivity contribution in [3.05, 3.63) is 30.4 Å². The molecule has 1 N–H and O–H groups in total. The molecule has 4 heteroatoms. The SMILES string of the molecule is CC(C)=CCN1CCC(NC(C)Cn2ccnc2)CC1. The molecule has 1 fully saturated rings. The first-order valence-corrected chi connectivity index (χ1v) is 7.71. The van der Waals surface area contributed by atoms with Gasteiger partial charge in [-0.1, -0.05) is 11.6 Å². The summed E-state index contributed by atoms with van der Waals surface area (Å²) in [6, 6.07) is 1.16. The fourth-order valence-electron chi connectivity index (χ4n) is 2.76. The number of rotatable bonds is 6. The lowest BCUT2D eigenvalue weighted by molar-refractivity contribution is 0.205. The molecule has 1 saturated heterocycles. The maximum atomic E-state index is 4.09. The van der Waals surface area contributed by atoms with Crippen LogP contribution >= 0.6 is 0 Å². The molecule has 1 aliphatic heterocycles. The van der Waals surface area contributed by atoms with E-state index >= 15 is 0 Å². The molecule has 0 spiro atoms. The third-order valence-corrected chi connectivity index (χ3v) is 3.91. The van der Waals surface area contributed by atoms with Crippen LogP contribution in [0, 0.1) is 0 Å². The molecular formula is C16H28N4. The van der Waals surface area contributed by atoms with Gasteiger partial charge in [-0.3, -0.25) is 4.90 Å². The Balaban J connectivity index is 1.67. The lowest BCUT2D eigenvalue weighted by Gasteiger charge is -2.33. The van der Waals surface area contributed by atoms with Crippen molar-refractivity contribution in [2.24, 2.45) is 0 Å². The molecule has 0 amide bonds. The van der Waals surface area contributed by atoms with Crippen molar-refractivity contribution >= 4 is 0 Å². The number of hydrogen-bond acceptors (Lipinski definition) is 3. The van der Waals surface area contributed by atoms with Crippen LogP contribution in [0.1, 0.15) is 33.6 Å². The Kier molecular flexibility index (Phi) is 5.80. The summed E-state index contributed by atoms with van der Waals surface area (Å²) in [4.78, 5) is 6.64. The standard InChI is InChI=1S/C16H28N4/c1-14(2)4-8-19-9-5-16(6-10-19)18-15(3)12-20-11-7-17-13-20/h4,7,11,13,15-16,18H,5-6,8-10,12H2,1-3H3. The van der Waals surface area contributed by atoms with Crippen LogP contribution in [0.15, 0.2) is 30.4 Å². The summed E-state index contributed by atoms with van der Waals surface area (Å²) < 4.78 is 2.14. The van der Waals surface area contributed by atoms with Crippen molar-refractivity contribution in [3.63, 3.8) is 0 Å². The van der Waals surface area contributed by atoms with Crippen molar-refractivity contribution in [2.45, 2.75) is 52.2 Å². The highest BCUT2D eigenvalue weighted by atomic mass is 15.1. The average molecular weight is 276 g/mol. The van der Waals surface area contributed by atoms with Gasteiger partial charge in [-0.2, -0.15) is 0 Å². The second-order valence-corrected chi connectivity index (χ2v) is 6.18. The summed E-state index contributed by atoms with van der Waals surface area (Å²) >= 11 is 0. The molecule has 112 valence electrons. The van der Waals surface area contributed by atoms with E-state index in [0.717, 1.165) is 13.1 Å². The molecule has 4 nitrogen and oxygen atoms in total. The molecule has 1 aromatic rings. The third-order valence-electron chi connectivity index (χ3n) is 3.91. The van der Waals surface area contributed by atoms with Crippen LogP contribution in [0.2, 0.25) is 0 Å². The van der Waals surface area contributed by atoms with E-state index in [4.69, 9.17) is 0 Å². The molecule has 1 aromatic heterocycles. The number of piperidine rings is 1. The van der Waals surface area contributed by atoms with Gasteiger partial charge in [0.05, 0.1) is 6.33 Å². The molecule has 0 radical (unpaired) electrons. The second kappa shape index (κ2) is 7.60. The predicted molar refractivity (Wildman–Crippen MR) is 83.7 cm³/mol. The van der Waals surface area contributed by atoms with Gasteiger partial charge in [0.15, 0.2) is 0 Å². The maximum absolute atomic E-state index is 4.09. The van der Waals surface area contributed by atoms with Crippen molar-refractivity contribution < 1.29 is 0 Å². The van der Waals surface area contributed by atoms with E-state index in [2.05, 4.69) is 46.6 Å². The summed E-state index contributed by atoms with van der Waals surface area (Å²) in [5, 5.41) is 3.75. The second-order valence-electron chi connectivity index (χ2n) is 6.18. The lowest BCUT2D eigenvalue weighted by atomic mass is 10.0. The fraction of sp³-hybridized carbons (Fsp3) is 0.688. The number of hydrogen-bond donors (Lipinski definition) is 1. The Morgan fingerprint density at radius 2 is 2.15 bits per heavy atom. The van der Waals surface area contributed by atoms with Crippen LogP contribution in [0.25, 0.3) is 0 Å². The molecule has 1 aliphatic rings. The average Bonchev–Trinajstić information content (AvgIpc) is 2.90. The number of likely N-dealkylation sites (tertiary alicyclic amines) is 1. The number of aromatic nitrogens is 2. The van der Waals surface area contributed by atoms with E-state index in [-0.39, 0.29) is 0 Å². The van der Waals surface area contributed by atoms with Gasteiger partial charge in [0.2, 0.25) is 0 Å². The minimum absolute atomic E-state index is 0.499. The summed E-state index contributed by atoms with van der Waals surface area (Å²) in [7, 11) is 0. The molecule has 0 aromatic carbocycles. The Hall–Kier alpha value is -1.13. The number of nitrogens with zero attached hydrogens (tertiary/aromatic N) is 3. The quantitative estimate of drug-likeness (QED) is 0.809. The van der Waals surface area contributed by atoms with E-state index in [0.29, 0.717) is 12.1 Å². The monoisotopic (exact) mass is 276 g/mol. The van der Waals surface area contributed by atoms with Crippen LogP contribution in [0.5, 0.6) is 0 Å². The van der Waals surface area contributed by atoms with Crippen LogP contribution in [0.3, 0.4) is 0 Å². The fourth-order valence-corrected chi connectivity index (χ4v) is 2.76. The first-order valence-electron chi connectivity index (χ1n) is 7.71. The van der Waals surface area contributed by atoms with E-state index in [1.807, 2.05) is 18.7 Å². The van der Waals surface area contributed by atoms with Gasteiger partial charge in [-0.15, -0.1) is 0 Å². The highest BCUT2D eigenvalue weighted by Gasteiger charge is 2.19.